The van der Waals surface area contributed by atoms with Crippen molar-refractivity contribution in [2.24, 2.45) is 0 Å². The number of methoxy groups -OCH3 is 1. The Morgan fingerprint density at radius 1 is 1.13 bits per heavy atom. The van der Waals surface area contributed by atoms with Crippen LogP contribution in [0.1, 0.15) is 39.8 Å². The minimum Gasteiger partial charge on any atom is -0.480 e. The van der Waals surface area contributed by atoms with Crippen molar-refractivity contribution in [1.82, 2.24) is 29.5 Å². The number of alkyl halides is 4. The van der Waals surface area contributed by atoms with Crippen molar-refractivity contribution < 1.29 is 30.8 Å². The highest BCUT2D eigenvalue weighted by Crippen LogP contribution is 2.45. The highest BCUT2D eigenvalue weighted by molar-refractivity contribution is 5.67. The summed E-state index contributed by atoms with van der Waals surface area (Å²) in [5.41, 5.74) is 0.240. The summed E-state index contributed by atoms with van der Waals surface area (Å²) in [6.45, 7) is -4.44. The maximum Gasteiger partial charge on any atom is 0.434 e. The van der Waals surface area contributed by atoms with Gasteiger partial charge in [0.2, 0.25) is 5.88 Å². The Balaban J connectivity index is 1.49. The minimum absolute atomic E-state index is 0.0103. The molecule has 13 heteroatoms. The molecular formula is C25H22F5N7O. The summed E-state index contributed by atoms with van der Waals surface area (Å²) in [7, 11) is 1.40. The predicted molar refractivity (Wildman–Crippen MR) is 127 cm³/mol. The van der Waals surface area contributed by atoms with Crippen LogP contribution >= 0.6 is 0 Å². The van der Waals surface area contributed by atoms with Gasteiger partial charge in [0.1, 0.15) is 17.7 Å². The van der Waals surface area contributed by atoms with Gasteiger partial charge in [-0.1, -0.05) is 24.3 Å². The summed E-state index contributed by atoms with van der Waals surface area (Å²) in [6.07, 6.45) is -0.245. The molecule has 3 heterocycles. The van der Waals surface area contributed by atoms with E-state index in [1.54, 1.807) is 0 Å². The van der Waals surface area contributed by atoms with Crippen LogP contribution in [0.25, 0.3) is 22.8 Å². The zero-order valence-electron chi connectivity index (χ0n) is 22.9. The summed E-state index contributed by atoms with van der Waals surface area (Å²) in [6, 6.07) is 5.60. The first-order chi connectivity index (χ1) is 19.4. The standard InChI is InChI=1S/C25H22F5N7O/c1-36(10-14-3-5-16(6-4-14)22-34-18(25(28,29)30)11-37(22)12-26)23-17(27)9-31-21(35-23)19-20(15-7-8-15)32-13-33-24(19)38-2/h3-6,9,11,13,15H,7-8,10,12H2,1-2H3/i1D3. The van der Waals surface area contributed by atoms with E-state index in [0.717, 1.165) is 23.9 Å². The average Bonchev–Trinajstić information content (AvgIpc) is 3.68. The zero-order chi connectivity index (χ0) is 29.5. The van der Waals surface area contributed by atoms with E-state index in [0.29, 0.717) is 27.6 Å². The first-order valence-electron chi connectivity index (χ1n) is 12.9. The highest BCUT2D eigenvalue weighted by atomic mass is 19.4. The molecule has 8 nitrogen and oxygen atoms in total. The van der Waals surface area contributed by atoms with Crippen LogP contribution in [0.5, 0.6) is 5.88 Å². The monoisotopic (exact) mass is 534 g/mol. The number of hydrogen-bond acceptors (Lipinski definition) is 7. The first-order valence-corrected chi connectivity index (χ1v) is 11.4. The van der Waals surface area contributed by atoms with Gasteiger partial charge in [-0.05, 0) is 18.4 Å². The van der Waals surface area contributed by atoms with E-state index < -0.39 is 37.3 Å². The van der Waals surface area contributed by atoms with Crippen LogP contribution in [0.4, 0.5) is 27.8 Å². The molecule has 0 radical (unpaired) electrons. The number of hydrogen-bond donors (Lipinski definition) is 0. The van der Waals surface area contributed by atoms with Gasteiger partial charge in [0.25, 0.3) is 0 Å². The summed E-state index contributed by atoms with van der Waals surface area (Å²) in [5.74, 6) is -1.48. The number of rotatable bonds is 8. The molecule has 3 aromatic heterocycles. The molecule has 0 spiro atoms. The Labute approximate surface area is 218 Å². The van der Waals surface area contributed by atoms with Gasteiger partial charge in [-0.15, -0.1) is 0 Å². The number of imidazole rings is 1. The van der Waals surface area contributed by atoms with E-state index in [1.165, 1.54) is 37.7 Å². The number of nitrogens with zero attached hydrogens (tertiary/aromatic N) is 7. The van der Waals surface area contributed by atoms with Gasteiger partial charge in [-0.2, -0.15) is 13.2 Å². The lowest BCUT2D eigenvalue weighted by Crippen LogP contribution is -2.20. The lowest BCUT2D eigenvalue weighted by atomic mass is 10.1. The third kappa shape index (κ3) is 5.00. The van der Waals surface area contributed by atoms with Crippen LogP contribution in [-0.2, 0) is 19.5 Å². The van der Waals surface area contributed by atoms with Crippen LogP contribution in [-0.4, -0.2) is 43.6 Å². The minimum atomic E-state index is -4.76. The van der Waals surface area contributed by atoms with Gasteiger partial charge in [0, 0.05) is 35.3 Å². The van der Waals surface area contributed by atoms with Crippen molar-refractivity contribution in [2.75, 3.05) is 19.0 Å². The third-order valence-corrected chi connectivity index (χ3v) is 5.95. The quantitative estimate of drug-likeness (QED) is 0.280. The van der Waals surface area contributed by atoms with Gasteiger partial charge >= 0.3 is 6.18 Å². The molecule has 0 amide bonds. The topological polar surface area (TPSA) is 81.9 Å². The van der Waals surface area contributed by atoms with Crippen LogP contribution < -0.4 is 9.64 Å². The number of ether oxygens (including phenoxy) is 1. The van der Waals surface area contributed by atoms with Gasteiger partial charge in [0.05, 0.1) is 19.0 Å². The molecule has 0 aliphatic heterocycles. The Kier molecular flexibility index (Phi) is 5.73. The first kappa shape index (κ1) is 21.9. The van der Waals surface area contributed by atoms with Crippen molar-refractivity contribution in [3.8, 4) is 28.7 Å². The number of halogens is 5. The van der Waals surface area contributed by atoms with Gasteiger partial charge in [0.15, 0.2) is 30.0 Å². The predicted octanol–water partition coefficient (Wildman–Crippen LogP) is 5.40. The van der Waals surface area contributed by atoms with E-state index in [1.807, 2.05) is 0 Å². The molecule has 0 N–H and O–H groups in total. The lowest BCUT2D eigenvalue weighted by Gasteiger charge is -2.20. The molecule has 4 aromatic rings. The summed E-state index contributed by atoms with van der Waals surface area (Å²) >= 11 is 0. The van der Waals surface area contributed by atoms with E-state index in [4.69, 9.17) is 8.85 Å². The van der Waals surface area contributed by atoms with E-state index >= 15 is 4.39 Å². The summed E-state index contributed by atoms with van der Waals surface area (Å²) in [5, 5.41) is 0. The second-order valence-corrected chi connectivity index (χ2v) is 8.60. The Bertz CT molecular complexity index is 1560. The average molecular weight is 535 g/mol. The molecule has 0 unspecified atom stereocenters. The molecule has 1 aromatic carbocycles. The molecule has 38 heavy (non-hydrogen) atoms. The van der Waals surface area contributed by atoms with Crippen molar-refractivity contribution in [1.29, 1.82) is 0 Å². The molecule has 1 aliphatic carbocycles. The molecule has 198 valence electrons. The maximum atomic E-state index is 15.1. The van der Waals surface area contributed by atoms with Crippen molar-refractivity contribution in [3.63, 3.8) is 0 Å². The lowest BCUT2D eigenvalue weighted by molar-refractivity contribution is -0.140. The summed E-state index contributed by atoms with van der Waals surface area (Å²) in [4.78, 5) is 21.0. The van der Waals surface area contributed by atoms with Crippen molar-refractivity contribution in [3.05, 3.63) is 65.8 Å². The van der Waals surface area contributed by atoms with Gasteiger partial charge in [-0.25, -0.2) is 33.7 Å². The normalized spacial score (nSPS) is 15.1. The molecule has 1 aliphatic rings. The molecule has 0 saturated heterocycles. The SMILES string of the molecule is [2H]C([2H])([2H])N(Cc1ccc(-c2nc(C(F)(F)F)cn2CF)cc1)c1nc(-c2c(OC)ncnc2C2CC2)ncc1F. The molecular weight excluding hydrogens is 509 g/mol. The third-order valence-electron chi connectivity index (χ3n) is 5.95. The second kappa shape index (κ2) is 9.95. The Hall–Kier alpha value is -4.16. The fourth-order valence-electron chi connectivity index (χ4n) is 3.97. The zero-order valence-corrected chi connectivity index (χ0v) is 19.9. The number of anilines is 1. The maximum absolute atomic E-state index is 15.1. The molecule has 1 saturated carbocycles. The van der Waals surface area contributed by atoms with E-state index in [9.17, 15) is 17.6 Å². The Morgan fingerprint density at radius 2 is 1.89 bits per heavy atom. The molecule has 0 bridgehead atoms. The van der Waals surface area contributed by atoms with E-state index in [2.05, 4.69) is 24.9 Å². The fourth-order valence-corrected chi connectivity index (χ4v) is 3.97. The number of aromatic nitrogens is 6. The van der Waals surface area contributed by atoms with Gasteiger partial charge in [-0.3, -0.25) is 0 Å². The Morgan fingerprint density at radius 3 is 2.53 bits per heavy atom. The molecule has 5 rings (SSSR count). The largest absolute Gasteiger partial charge is 0.480 e. The van der Waals surface area contributed by atoms with Crippen LogP contribution in [0.2, 0.25) is 0 Å². The van der Waals surface area contributed by atoms with Crippen molar-refractivity contribution >= 4 is 5.82 Å². The van der Waals surface area contributed by atoms with E-state index in [-0.39, 0.29) is 35.6 Å². The highest BCUT2D eigenvalue weighted by Gasteiger charge is 2.35. The number of benzene rings is 1. The van der Waals surface area contributed by atoms with Crippen LogP contribution in [0.3, 0.4) is 0 Å². The van der Waals surface area contributed by atoms with Crippen LogP contribution in [0, 0.1) is 5.82 Å². The van der Waals surface area contributed by atoms with Gasteiger partial charge < -0.3 is 14.2 Å². The molecule has 0 atom stereocenters. The smallest absolute Gasteiger partial charge is 0.434 e. The van der Waals surface area contributed by atoms with Crippen LogP contribution in [0.15, 0.2) is 43.0 Å². The fraction of sp³-hybridized carbons (Fsp3) is 0.320. The van der Waals surface area contributed by atoms with Crippen molar-refractivity contribution in [2.45, 2.75) is 38.3 Å². The molecule has 1 fully saturated rings. The summed E-state index contributed by atoms with van der Waals surface area (Å²) < 4.78 is 97.9. The second-order valence-electron chi connectivity index (χ2n) is 8.60.